The number of halogens is 1. The maximum Gasteiger partial charge on any atom is 0.254 e. The molecule has 3 aromatic carbocycles. The Kier molecular flexibility index (Phi) is 5.35. The van der Waals surface area contributed by atoms with Crippen molar-refractivity contribution in [3.63, 3.8) is 0 Å². The maximum atomic E-state index is 13.1. The smallest absolute Gasteiger partial charge is 0.254 e. The standard InChI is InChI=1S/C26H24ClN3O2/c1-29(2)21-12-7-17(8-13-21)19-9-14-24-22(16-19)28-25(32-24)23-4-3-15-30(23)26(31)18-5-10-20(27)11-6-18/h5-14,16,23H,3-4,15H2,1-2H3. The van der Waals surface area contributed by atoms with E-state index in [0.717, 1.165) is 40.8 Å². The van der Waals surface area contributed by atoms with Gasteiger partial charge in [0.2, 0.25) is 5.89 Å². The lowest BCUT2D eigenvalue weighted by molar-refractivity contribution is 0.0717. The van der Waals surface area contributed by atoms with Gasteiger partial charge in [0.25, 0.3) is 5.91 Å². The van der Waals surface area contributed by atoms with Crippen molar-refractivity contribution in [1.29, 1.82) is 0 Å². The Hall–Kier alpha value is -3.31. The van der Waals surface area contributed by atoms with E-state index in [0.29, 0.717) is 23.0 Å². The van der Waals surface area contributed by atoms with Gasteiger partial charge in [-0.05, 0) is 72.5 Å². The van der Waals surface area contributed by atoms with Gasteiger partial charge in [-0.2, -0.15) is 0 Å². The summed E-state index contributed by atoms with van der Waals surface area (Å²) >= 11 is 5.97. The third kappa shape index (κ3) is 3.84. The van der Waals surface area contributed by atoms with Crippen LogP contribution in [0.25, 0.3) is 22.2 Å². The Morgan fingerprint density at radius 3 is 2.47 bits per heavy atom. The van der Waals surface area contributed by atoms with Crippen molar-refractivity contribution in [3.05, 3.63) is 83.2 Å². The van der Waals surface area contributed by atoms with E-state index in [1.807, 2.05) is 37.2 Å². The number of likely N-dealkylation sites (tertiary alicyclic amines) is 1. The number of hydrogen-bond donors (Lipinski definition) is 0. The van der Waals surface area contributed by atoms with E-state index in [9.17, 15) is 4.79 Å². The molecule has 1 atom stereocenters. The van der Waals surface area contributed by atoms with Crippen molar-refractivity contribution in [1.82, 2.24) is 9.88 Å². The molecule has 1 unspecified atom stereocenters. The summed E-state index contributed by atoms with van der Waals surface area (Å²) in [4.78, 5) is 21.8. The molecule has 162 valence electrons. The van der Waals surface area contributed by atoms with Crippen LogP contribution in [0.3, 0.4) is 0 Å². The highest BCUT2D eigenvalue weighted by molar-refractivity contribution is 6.30. The van der Waals surface area contributed by atoms with Crippen LogP contribution in [-0.4, -0.2) is 36.4 Å². The maximum absolute atomic E-state index is 13.1. The number of nitrogens with zero attached hydrogens (tertiary/aromatic N) is 3. The van der Waals surface area contributed by atoms with E-state index in [1.54, 1.807) is 24.3 Å². The molecule has 0 radical (unpaired) electrons. The number of oxazole rings is 1. The van der Waals surface area contributed by atoms with Crippen LogP contribution in [0.2, 0.25) is 5.02 Å². The van der Waals surface area contributed by atoms with Crippen LogP contribution in [0.4, 0.5) is 5.69 Å². The third-order valence-electron chi connectivity index (χ3n) is 6.01. The molecule has 4 aromatic rings. The Morgan fingerprint density at radius 1 is 1.03 bits per heavy atom. The molecule has 0 spiro atoms. The lowest BCUT2D eigenvalue weighted by Gasteiger charge is -2.22. The van der Waals surface area contributed by atoms with E-state index >= 15 is 0 Å². The molecular weight excluding hydrogens is 422 g/mol. The second kappa shape index (κ2) is 8.32. The van der Waals surface area contributed by atoms with Gasteiger partial charge in [-0.15, -0.1) is 0 Å². The van der Waals surface area contributed by atoms with Gasteiger partial charge >= 0.3 is 0 Å². The summed E-state index contributed by atoms with van der Waals surface area (Å²) in [6, 6.07) is 21.3. The highest BCUT2D eigenvalue weighted by Crippen LogP contribution is 2.35. The van der Waals surface area contributed by atoms with Crippen molar-refractivity contribution in [3.8, 4) is 11.1 Å². The van der Waals surface area contributed by atoms with E-state index < -0.39 is 0 Å². The van der Waals surface area contributed by atoms with Gasteiger partial charge in [0.1, 0.15) is 11.6 Å². The molecule has 0 aliphatic carbocycles. The van der Waals surface area contributed by atoms with Gasteiger partial charge in [-0.1, -0.05) is 29.8 Å². The monoisotopic (exact) mass is 445 g/mol. The van der Waals surface area contributed by atoms with E-state index in [1.165, 1.54) is 0 Å². The summed E-state index contributed by atoms with van der Waals surface area (Å²) in [7, 11) is 4.06. The molecule has 5 rings (SSSR count). The highest BCUT2D eigenvalue weighted by Gasteiger charge is 2.34. The number of amides is 1. The summed E-state index contributed by atoms with van der Waals surface area (Å²) in [5, 5.41) is 0.616. The Balaban J connectivity index is 1.42. The summed E-state index contributed by atoms with van der Waals surface area (Å²) in [6.07, 6.45) is 1.76. The third-order valence-corrected chi connectivity index (χ3v) is 6.26. The number of aromatic nitrogens is 1. The topological polar surface area (TPSA) is 49.6 Å². The lowest BCUT2D eigenvalue weighted by Crippen LogP contribution is -2.30. The zero-order valence-corrected chi connectivity index (χ0v) is 18.8. The summed E-state index contributed by atoms with van der Waals surface area (Å²) in [5.41, 5.74) is 5.54. The van der Waals surface area contributed by atoms with Crippen LogP contribution in [-0.2, 0) is 0 Å². The number of anilines is 1. The molecule has 5 nitrogen and oxygen atoms in total. The molecule has 0 saturated carbocycles. The number of rotatable bonds is 4. The van der Waals surface area contributed by atoms with Crippen LogP contribution in [0.5, 0.6) is 0 Å². The fourth-order valence-electron chi connectivity index (χ4n) is 4.24. The lowest BCUT2D eigenvalue weighted by atomic mass is 10.0. The molecule has 6 heteroatoms. The van der Waals surface area contributed by atoms with E-state index in [4.69, 9.17) is 21.0 Å². The van der Waals surface area contributed by atoms with Gasteiger partial charge in [0.15, 0.2) is 5.58 Å². The number of hydrogen-bond acceptors (Lipinski definition) is 4. The summed E-state index contributed by atoms with van der Waals surface area (Å²) in [5.74, 6) is 0.577. The Labute approximate surface area is 192 Å². The molecule has 0 N–H and O–H groups in total. The molecule has 1 aliphatic heterocycles. The first-order valence-electron chi connectivity index (χ1n) is 10.7. The largest absolute Gasteiger partial charge is 0.438 e. The van der Waals surface area contributed by atoms with Gasteiger partial charge in [-0.25, -0.2) is 4.98 Å². The van der Waals surface area contributed by atoms with Crippen LogP contribution < -0.4 is 4.90 Å². The molecule has 0 bridgehead atoms. The SMILES string of the molecule is CN(C)c1ccc(-c2ccc3oc(C4CCCN4C(=O)c4ccc(Cl)cc4)nc3c2)cc1. The van der Waals surface area contributed by atoms with E-state index in [-0.39, 0.29) is 11.9 Å². The minimum absolute atomic E-state index is 0.0203. The second-order valence-corrected chi connectivity index (χ2v) is 8.78. The van der Waals surface area contributed by atoms with Gasteiger partial charge in [0, 0.05) is 36.9 Å². The Bertz CT molecular complexity index is 1260. The number of carbonyl (C=O) groups excluding carboxylic acids is 1. The molecule has 1 aliphatic rings. The first-order valence-corrected chi connectivity index (χ1v) is 11.1. The molecule has 32 heavy (non-hydrogen) atoms. The van der Waals surface area contributed by atoms with Crippen LogP contribution in [0, 0.1) is 0 Å². The van der Waals surface area contributed by atoms with E-state index in [2.05, 4.69) is 29.2 Å². The number of carbonyl (C=O) groups is 1. The molecule has 1 fully saturated rings. The minimum Gasteiger partial charge on any atom is -0.438 e. The summed E-state index contributed by atoms with van der Waals surface area (Å²) in [6.45, 7) is 0.689. The summed E-state index contributed by atoms with van der Waals surface area (Å²) < 4.78 is 6.10. The average molecular weight is 446 g/mol. The predicted octanol–water partition coefficient (Wildman–Crippen LogP) is 6.19. The van der Waals surface area contributed by atoms with Gasteiger partial charge in [0.05, 0.1) is 0 Å². The molecule has 2 heterocycles. The van der Waals surface area contributed by atoms with Crippen molar-refractivity contribution in [2.24, 2.45) is 0 Å². The molecule has 1 aromatic heterocycles. The van der Waals surface area contributed by atoms with Crippen molar-refractivity contribution in [2.75, 3.05) is 25.5 Å². The zero-order chi connectivity index (χ0) is 22.2. The predicted molar refractivity (Wildman–Crippen MR) is 128 cm³/mol. The fourth-order valence-corrected chi connectivity index (χ4v) is 4.37. The first-order chi connectivity index (χ1) is 15.5. The van der Waals surface area contributed by atoms with Crippen molar-refractivity contribution < 1.29 is 9.21 Å². The molecule has 1 saturated heterocycles. The van der Waals surface area contributed by atoms with Crippen molar-refractivity contribution >= 4 is 34.3 Å². The average Bonchev–Trinajstić information content (AvgIpc) is 3.45. The van der Waals surface area contributed by atoms with Crippen LogP contribution in [0.15, 0.2) is 71.1 Å². The Morgan fingerprint density at radius 2 is 1.75 bits per heavy atom. The minimum atomic E-state index is -0.159. The fraction of sp³-hybridized carbons (Fsp3) is 0.231. The number of fused-ring (bicyclic) bond motifs is 1. The quantitative estimate of drug-likeness (QED) is 0.375. The van der Waals surface area contributed by atoms with Crippen molar-refractivity contribution in [2.45, 2.75) is 18.9 Å². The first kappa shape index (κ1) is 20.6. The number of benzene rings is 3. The molecular formula is C26H24ClN3O2. The van der Waals surface area contributed by atoms with Gasteiger partial charge in [-0.3, -0.25) is 4.79 Å². The zero-order valence-electron chi connectivity index (χ0n) is 18.1. The highest BCUT2D eigenvalue weighted by atomic mass is 35.5. The normalized spacial score (nSPS) is 16.0. The molecule has 1 amide bonds. The van der Waals surface area contributed by atoms with Crippen LogP contribution in [0.1, 0.15) is 35.1 Å². The second-order valence-electron chi connectivity index (χ2n) is 8.34. The van der Waals surface area contributed by atoms with Crippen LogP contribution >= 0.6 is 11.6 Å². The van der Waals surface area contributed by atoms with Gasteiger partial charge < -0.3 is 14.2 Å².